The van der Waals surface area contributed by atoms with E-state index in [1.165, 1.54) is 0 Å². The zero-order valence-corrected chi connectivity index (χ0v) is 11.6. The summed E-state index contributed by atoms with van der Waals surface area (Å²) in [6, 6.07) is 0.511. The van der Waals surface area contributed by atoms with Gasteiger partial charge in [0.2, 0.25) is 0 Å². The van der Waals surface area contributed by atoms with Gasteiger partial charge in [-0.2, -0.15) is 0 Å². The Bertz CT molecular complexity index is 212. The summed E-state index contributed by atoms with van der Waals surface area (Å²) < 4.78 is 11.1. The van der Waals surface area contributed by atoms with Gasteiger partial charge in [0.25, 0.3) is 0 Å². The molecule has 0 aliphatic heterocycles. The lowest BCUT2D eigenvalue weighted by Crippen LogP contribution is -2.54. The molecule has 0 saturated heterocycles. The molecule has 0 aromatic carbocycles. The average molecular weight is 229 g/mol. The summed E-state index contributed by atoms with van der Waals surface area (Å²) in [7, 11) is 5.81. The Labute approximate surface area is 100 Å². The minimum Gasteiger partial charge on any atom is -0.381 e. The molecule has 3 nitrogen and oxygen atoms in total. The van der Waals surface area contributed by atoms with Gasteiger partial charge in [-0.15, -0.1) is 0 Å². The SMILES string of the molecule is COC1CCC(N(C)C(C)(C)C)C(OC)C1. The molecule has 1 rings (SSSR count). The van der Waals surface area contributed by atoms with Crippen LogP contribution in [0, 0.1) is 0 Å². The molecule has 3 heteroatoms. The van der Waals surface area contributed by atoms with E-state index in [-0.39, 0.29) is 5.54 Å². The van der Waals surface area contributed by atoms with Crippen LogP contribution in [0.3, 0.4) is 0 Å². The van der Waals surface area contributed by atoms with Crippen molar-refractivity contribution < 1.29 is 9.47 Å². The molecular formula is C13H27NO2. The first-order valence-corrected chi connectivity index (χ1v) is 6.18. The van der Waals surface area contributed by atoms with E-state index >= 15 is 0 Å². The molecule has 96 valence electrons. The summed E-state index contributed by atoms with van der Waals surface area (Å²) in [4.78, 5) is 2.44. The minimum absolute atomic E-state index is 0.196. The zero-order valence-electron chi connectivity index (χ0n) is 11.6. The van der Waals surface area contributed by atoms with E-state index in [9.17, 15) is 0 Å². The summed E-state index contributed by atoms with van der Waals surface area (Å²) >= 11 is 0. The Morgan fingerprint density at radius 1 is 1.06 bits per heavy atom. The molecule has 1 aliphatic rings. The van der Waals surface area contributed by atoms with Gasteiger partial charge in [-0.3, -0.25) is 4.90 Å². The molecule has 3 unspecified atom stereocenters. The fourth-order valence-corrected chi connectivity index (χ4v) is 2.48. The Balaban J connectivity index is 2.66. The third-order valence-electron chi connectivity index (χ3n) is 3.90. The number of ether oxygens (including phenoxy) is 2. The Kier molecular flexibility index (Phi) is 4.77. The van der Waals surface area contributed by atoms with E-state index in [0.717, 1.165) is 19.3 Å². The average Bonchev–Trinajstić information content (AvgIpc) is 2.26. The molecule has 1 aliphatic carbocycles. The molecule has 1 saturated carbocycles. The number of nitrogens with zero attached hydrogens (tertiary/aromatic N) is 1. The Hall–Kier alpha value is -0.120. The van der Waals surface area contributed by atoms with Crippen molar-refractivity contribution in [3.63, 3.8) is 0 Å². The van der Waals surface area contributed by atoms with Crippen molar-refractivity contribution in [1.29, 1.82) is 0 Å². The molecule has 0 radical (unpaired) electrons. The zero-order chi connectivity index (χ0) is 12.3. The van der Waals surface area contributed by atoms with Crippen molar-refractivity contribution in [2.75, 3.05) is 21.3 Å². The van der Waals surface area contributed by atoms with E-state index in [1.54, 1.807) is 7.11 Å². The van der Waals surface area contributed by atoms with Crippen LogP contribution in [-0.2, 0) is 9.47 Å². The Morgan fingerprint density at radius 2 is 1.69 bits per heavy atom. The molecule has 0 amide bonds. The van der Waals surface area contributed by atoms with Crippen LogP contribution < -0.4 is 0 Å². The standard InChI is InChI=1S/C13H27NO2/c1-13(2,3)14(4)11-8-7-10(15-5)9-12(11)16-6/h10-12H,7-9H2,1-6H3. The molecule has 0 bridgehead atoms. The number of hydrogen-bond donors (Lipinski definition) is 0. The van der Waals surface area contributed by atoms with E-state index < -0.39 is 0 Å². The van der Waals surface area contributed by atoms with Crippen LogP contribution in [0.15, 0.2) is 0 Å². The van der Waals surface area contributed by atoms with E-state index in [0.29, 0.717) is 18.2 Å². The van der Waals surface area contributed by atoms with Gasteiger partial charge in [-0.05, 0) is 40.7 Å². The number of methoxy groups -OCH3 is 2. The first-order valence-electron chi connectivity index (χ1n) is 6.18. The smallest absolute Gasteiger partial charge is 0.0751 e. The highest BCUT2D eigenvalue weighted by Gasteiger charge is 2.36. The van der Waals surface area contributed by atoms with Crippen LogP contribution in [0.2, 0.25) is 0 Å². The molecule has 0 heterocycles. The molecule has 0 spiro atoms. The molecule has 3 atom stereocenters. The largest absolute Gasteiger partial charge is 0.381 e. The van der Waals surface area contributed by atoms with Crippen molar-refractivity contribution in [3.05, 3.63) is 0 Å². The van der Waals surface area contributed by atoms with Crippen LogP contribution in [0.25, 0.3) is 0 Å². The molecular weight excluding hydrogens is 202 g/mol. The second-order valence-electron chi connectivity index (χ2n) is 5.79. The van der Waals surface area contributed by atoms with Gasteiger partial charge in [-0.25, -0.2) is 0 Å². The lowest BCUT2D eigenvalue weighted by Gasteiger charge is -2.45. The topological polar surface area (TPSA) is 21.7 Å². The first kappa shape index (κ1) is 13.9. The second-order valence-corrected chi connectivity index (χ2v) is 5.79. The fourth-order valence-electron chi connectivity index (χ4n) is 2.48. The molecule has 0 aromatic rings. The van der Waals surface area contributed by atoms with Crippen molar-refractivity contribution in [1.82, 2.24) is 4.90 Å². The normalized spacial score (nSPS) is 32.1. The van der Waals surface area contributed by atoms with E-state index in [2.05, 4.69) is 32.7 Å². The van der Waals surface area contributed by atoms with E-state index in [1.807, 2.05) is 7.11 Å². The number of hydrogen-bond acceptors (Lipinski definition) is 3. The lowest BCUT2D eigenvalue weighted by molar-refractivity contribution is -0.0720. The van der Waals surface area contributed by atoms with Gasteiger partial charge >= 0.3 is 0 Å². The fraction of sp³-hybridized carbons (Fsp3) is 1.00. The van der Waals surface area contributed by atoms with Crippen LogP contribution in [0.5, 0.6) is 0 Å². The van der Waals surface area contributed by atoms with Crippen molar-refractivity contribution in [3.8, 4) is 0 Å². The van der Waals surface area contributed by atoms with Crippen molar-refractivity contribution >= 4 is 0 Å². The van der Waals surface area contributed by atoms with Crippen molar-refractivity contribution in [2.24, 2.45) is 0 Å². The highest BCUT2D eigenvalue weighted by atomic mass is 16.5. The third-order valence-corrected chi connectivity index (χ3v) is 3.90. The third kappa shape index (κ3) is 3.19. The molecule has 1 fully saturated rings. The summed E-state index contributed by atoms with van der Waals surface area (Å²) in [5, 5.41) is 0. The van der Waals surface area contributed by atoms with Crippen LogP contribution in [0.4, 0.5) is 0 Å². The van der Waals surface area contributed by atoms with Gasteiger partial charge in [0.05, 0.1) is 12.2 Å². The highest BCUT2D eigenvalue weighted by Crippen LogP contribution is 2.29. The maximum atomic E-state index is 5.63. The molecule has 0 aromatic heterocycles. The van der Waals surface area contributed by atoms with Crippen LogP contribution >= 0.6 is 0 Å². The lowest BCUT2D eigenvalue weighted by atomic mass is 9.87. The summed E-state index contributed by atoms with van der Waals surface area (Å²) in [6.45, 7) is 6.76. The van der Waals surface area contributed by atoms with Gasteiger partial charge in [0.15, 0.2) is 0 Å². The second kappa shape index (κ2) is 5.48. The Morgan fingerprint density at radius 3 is 2.12 bits per heavy atom. The van der Waals surface area contributed by atoms with Gasteiger partial charge in [0, 0.05) is 32.2 Å². The quantitative estimate of drug-likeness (QED) is 0.741. The summed E-state index contributed by atoms with van der Waals surface area (Å²) in [5.74, 6) is 0. The maximum absolute atomic E-state index is 5.63. The molecule has 16 heavy (non-hydrogen) atoms. The van der Waals surface area contributed by atoms with Gasteiger partial charge in [-0.1, -0.05) is 0 Å². The number of rotatable bonds is 3. The maximum Gasteiger partial charge on any atom is 0.0751 e. The van der Waals surface area contributed by atoms with E-state index in [4.69, 9.17) is 9.47 Å². The van der Waals surface area contributed by atoms with Gasteiger partial charge < -0.3 is 9.47 Å². The number of likely N-dealkylation sites (N-methyl/N-ethyl adjacent to an activating group) is 1. The van der Waals surface area contributed by atoms with Gasteiger partial charge in [0.1, 0.15) is 0 Å². The minimum atomic E-state index is 0.196. The molecule has 0 N–H and O–H groups in total. The predicted octanol–water partition coefficient (Wildman–Crippen LogP) is 2.30. The summed E-state index contributed by atoms with van der Waals surface area (Å²) in [5.41, 5.74) is 0.196. The first-order chi connectivity index (χ1) is 7.40. The monoisotopic (exact) mass is 229 g/mol. The highest BCUT2D eigenvalue weighted by molar-refractivity contribution is 4.91. The van der Waals surface area contributed by atoms with Crippen LogP contribution in [0.1, 0.15) is 40.0 Å². The predicted molar refractivity (Wildman–Crippen MR) is 66.7 cm³/mol. The van der Waals surface area contributed by atoms with Crippen molar-refractivity contribution in [2.45, 2.75) is 63.8 Å². The summed E-state index contributed by atoms with van der Waals surface area (Å²) in [6.07, 6.45) is 3.97. The van der Waals surface area contributed by atoms with Crippen LogP contribution in [-0.4, -0.2) is 50.0 Å².